The molecule has 4 aliphatic heterocycles. The molecule has 0 aromatic heterocycles. The highest BCUT2D eigenvalue weighted by molar-refractivity contribution is 6.71. The molecule has 0 aliphatic carbocycles. The number of β-lactam (4-membered cyclic amide) rings is 1. The molecule has 6 rings (SSSR count). The molecule has 4 aliphatic rings. The third kappa shape index (κ3) is 4.86. The fourth-order valence-electron chi connectivity index (χ4n) is 7.74. The molecule has 2 aromatic rings. The SMILES string of the molecule is COc1ccc2c(c1)[C@@]1(O[C@H](CC(=O)N3CCC[C@H]3CO)[C@@H]([Si](C)(C)O)[C@@H]1C)C(=O)N2Cc1ccc(N2CCC2=O)cc1. The zero-order valence-electron chi connectivity index (χ0n) is 25.3. The third-order valence-corrected chi connectivity index (χ3v) is 12.4. The van der Waals surface area contributed by atoms with Crippen molar-refractivity contribution in [3.05, 3.63) is 53.6 Å². The van der Waals surface area contributed by atoms with Crippen molar-refractivity contribution in [2.24, 2.45) is 5.92 Å². The quantitative estimate of drug-likeness (QED) is 0.350. The molecule has 230 valence electrons. The van der Waals surface area contributed by atoms with Gasteiger partial charge in [-0.25, -0.2) is 0 Å². The van der Waals surface area contributed by atoms with Crippen LogP contribution in [-0.2, 0) is 31.3 Å². The summed E-state index contributed by atoms with van der Waals surface area (Å²) in [5.74, 6) is -0.0611. The van der Waals surface area contributed by atoms with E-state index >= 15 is 0 Å². The zero-order chi connectivity index (χ0) is 30.7. The van der Waals surface area contributed by atoms with Crippen molar-refractivity contribution >= 4 is 37.4 Å². The lowest BCUT2D eigenvalue weighted by Gasteiger charge is -2.33. The van der Waals surface area contributed by atoms with Crippen molar-refractivity contribution in [2.45, 2.75) is 75.5 Å². The lowest BCUT2D eigenvalue weighted by Crippen LogP contribution is -2.46. The summed E-state index contributed by atoms with van der Waals surface area (Å²) in [5.41, 5.74) is 1.36. The summed E-state index contributed by atoms with van der Waals surface area (Å²) in [5, 5.41) is 9.81. The number of carbonyl (C=O) groups excluding carboxylic acids is 3. The minimum Gasteiger partial charge on any atom is -0.497 e. The first-order valence-electron chi connectivity index (χ1n) is 15.2. The van der Waals surface area contributed by atoms with Gasteiger partial charge in [0.15, 0.2) is 13.9 Å². The van der Waals surface area contributed by atoms with E-state index < -0.39 is 25.9 Å². The minimum absolute atomic E-state index is 0.0352. The van der Waals surface area contributed by atoms with Gasteiger partial charge >= 0.3 is 0 Å². The van der Waals surface area contributed by atoms with Gasteiger partial charge in [-0.2, -0.15) is 0 Å². The topological polar surface area (TPSA) is 120 Å². The predicted octanol–water partition coefficient (Wildman–Crippen LogP) is 3.15. The van der Waals surface area contributed by atoms with Gasteiger partial charge in [-0.05, 0) is 61.8 Å². The van der Waals surface area contributed by atoms with Crippen molar-refractivity contribution in [1.29, 1.82) is 0 Å². The number of nitrogens with zero attached hydrogens (tertiary/aromatic N) is 3. The molecule has 10 nitrogen and oxygen atoms in total. The fraction of sp³-hybridized carbons (Fsp3) is 0.531. The summed E-state index contributed by atoms with van der Waals surface area (Å²) in [7, 11) is -1.37. The van der Waals surface area contributed by atoms with E-state index in [9.17, 15) is 24.3 Å². The minimum atomic E-state index is -2.94. The fourth-order valence-corrected chi connectivity index (χ4v) is 10.3. The van der Waals surface area contributed by atoms with Crippen LogP contribution in [0.5, 0.6) is 5.75 Å². The number of ether oxygens (including phenoxy) is 2. The van der Waals surface area contributed by atoms with E-state index in [4.69, 9.17) is 9.47 Å². The van der Waals surface area contributed by atoms with Crippen LogP contribution in [0.2, 0.25) is 18.6 Å². The molecule has 4 heterocycles. The number of aliphatic hydroxyl groups excluding tert-OH is 1. The highest BCUT2D eigenvalue weighted by Crippen LogP contribution is 2.60. The van der Waals surface area contributed by atoms with Gasteiger partial charge in [0.1, 0.15) is 5.75 Å². The molecule has 2 aromatic carbocycles. The van der Waals surface area contributed by atoms with E-state index in [1.807, 2.05) is 62.5 Å². The number of hydrogen-bond acceptors (Lipinski definition) is 7. The molecular weight excluding hydrogens is 566 g/mol. The van der Waals surface area contributed by atoms with Gasteiger partial charge in [-0.3, -0.25) is 14.4 Å². The van der Waals surface area contributed by atoms with Gasteiger partial charge in [-0.15, -0.1) is 0 Å². The molecule has 5 atom stereocenters. The summed E-state index contributed by atoms with van der Waals surface area (Å²) >= 11 is 0. The average Bonchev–Trinajstić information content (AvgIpc) is 3.63. The van der Waals surface area contributed by atoms with E-state index in [-0.39, 0.29) is 42.3 Å². The van der Waals surface area contributed by atoms with Gasteiger partial charge < -0.3 is 34.1 Å². The van der Waals surface area contributed by atoms with Crippen LogP contribution in [0.15, 0.2) is 42.5 Å². The number of hydrogen-bond donors (Lipinski definition) is 2. The molecule has 0 bridgehead atoms. The van der Waals surface area contributed by atoms with E-state index in [1.165, 1.54) is 0 Å². The van der Waals surface area contributed by atoms with Crippen molar-refractivity contribution in [1.82, 2.24) is 4.90 Å². The maximum atomic E-state index is 14.6. The Labute approximate surface area is 253 Å². The van der Waals surface area contributed by atoms with Gasteiger partial charge in [0.25, 0.3) is 5.91 Å². The van der Waals surface area contributed by atoms with Crippen LogP contribution in [-0.4, -0.2) is 79.8 Å². The first-order chi connectivity index (χ1) is 20.5. The number of methoxy groups -OCH3 is 1. The Morgan fingerprint density at radius 1 is 1.14 bits per heavy atom. The number of likely N-dealkylation sites (tertiary alicyclic amines) is 1. The van der Waals surface area contributed by atoms with Crippen LogP contribution in [0.25, 0.3) is 0 Å². The Morgan fingerprint density at radius 2 is 1.88 bits per heavy atom. The van der Waals surface area contributed by atoms with Crippen molar-refractivity contribution in [2.75, 3.05) is 36.6 Å². The number of rotatable bonds is 8. The number of amides is 3. The van der Waals surface area contributed by atoms with Crippen molar-refractivity contribution in [3.63, 3.8) is 0 Å². The van der Waals surface area contributed by atoms with Crippen LogP contribution in [0.1, 0.15) is 43.7 Å². The Balaban J connectivity index is 1.35. The molecule has 43 heavy (non-hydrogen) atoms. The number of anilines is 2. The Morgan fingerprint density at radius 3 is 2.49 bits per heavy atom. The summed E-state index contributed by atoms with van der Waals surface area (Å²) in [6.45, 7) is 7.14. The highest BCUT2D eigenvalue weighted by atomic mass is 28.4. The Kier molecular flexibility index (Phi) is 7.64. The van der Waals surface area contributed by atoms with Crippen molar-refractivity contribution < 1.29 is 33.8 Å². The van der Waals surface area contributed by atoms with Gasteiger partial charge in [0.05, 0.1) is 44.5 Å². The first kappa shape index (κ1) is 29.8. The lowest BCUT2D eigenvalue weighted by atomic mass is 9.82. The van der Waals surface area contributed by atoms with E-state index in [2.05, 4.69) is 0 Å². The monoisotopic (exact) mass is 607 g/mol. The third-order valence-electron chi connectivity index (χ3n) is 9.91. The highest BCUT2D eigenvalue weighted by Gasteiger charge is 2.66. The summed E-state index contributed by atoms with van der Waals surface area (Å²) in [6.07, 6.45) is 1.53. The lowest BCUT2D eigenvalue weighted by molar-refractivity contribution is -0.150. The maximum absolute atomic E-state index is 14.6. The van der Waals surface area contributed by atoms with Crippen LogP contribution in [0.4, 0.5) is 11.4 Å². The van der Waals surface area contributed by atoms with E-state index in [0.717, 1.165) is 24.1 Å². The predicted molar refractivity (Wildman–Crippen MR) is 163 cm³/mol. The molecule has 3 fully saturated rings. The van der Waals surface area contributed by atoms with Crippen LogP contribution in [0, 0.1) is 5.92 Å². The second-order valence-electron chi connectivity index (χ2n) is 12.9. The molecule has 11 heteroatoms. The molecule has 2 N–H and O–H groups in total. The number of aliphatic hydroxyl groups is 1. The molecule has 1 spiro atoms. The van der Waals surface area contributed by atoms with E-state index in [1.54, 1.807) is 21.8 Å². The molecule has 0 radical (unpaired) electrons. The zero-order valence-corrected chi connectivity index (χ0v) is 26.3. The van der Waals surface area contributed by atoms with Crippen molar-refractivity contribution in [3.8, 4) is 5.75 Å². The Bertz CT molecular complexity index is 1430. The molecule has 0 saturated carbocycles. The number of carbonyl (C=O) groups is 3. The second-order valence-corrected chi connectivity index (χ2v) is 16.8. The average molecular weight is 608 g/mol. The van der Waals surface area contributed by atoms with Crippen LogP contribution < -0.4 is 14.5 Å². The maximum Gasteiger partial charge on any atom is 0.264 e. The van der Waals surface area contributed by atoms with Crippen LogP contribution >= 0.6 is 0 Å². The van der Waals surface area contributed by atoms with Gasteiger partial charge in [0, 0.05) is 42.2 Å². The molecular formula is C32H41N3O7Si. The summed E-state index contributed by atoms with van der Waals surface area (Å²) in [4.78, 5) is 56.8. The first-order valence-corrected chi connectivity index (χ1v) is 18.2. The van der Waals surface area contributed by atoms with Gasteiger partial charge in [-0.1, -0.05) is 19.1 Å². The molecule has 3 amide bonds. The molecule has 0 unspecified atom stereocenters. The smallest absolute Gasteiger partial charge is 0.264 e. The number of fused-ring (bicyclic) bond motifs is 2. The summed E-state index contributed by atoms with van der Waals surface area (Å²) < 4.78 is 12.4. The second kappa shape index (κ2) is 11.0. The molecule has 3 saturated heterocycles. The summed E-state index contributed by atoms with van der Waals surface area (Å²) in [6, 6.07) is 13.0. The largest absolute Gasteiger partial charge is 0.497 e. The normalized spacial score (nSPS) is 28.6. The van der Waals surface area contributed by atoms with Crippen LogP contribution in [0.3, 0.4) is 0 Å². The standard InChI is InChI=1S/C32H41N3O7Si/c1-20-30(43(3,4)40)27(17-29(38)33-14-5-6-23(33)19-36)42-32(20)25-16-24(41-2)11-12-26(25)35(31(32)39)18-21-7-9-22(10-8-21)34-15-13-28(34)37/h7-12,16,20,23,27,30,36,40H,5-6,13-15,17-19H2,1-4H3/t20-,23-,27+,30-,32+/m0/s1. The van der Waals surface area contributed by atoms with Gasteiger partial charge in [0.2, 0.25) is 11.8 Å². The Hall–Kier alpha value is -3.25. The number of benzene rings is 2. The van der Waals surface area contributed by atoms with E-state index in [0.29, 0.717) is 43.1 Å².